The summed E-state index contributed by atoms with van der Waals surface area (Å²) in [4.78, 5) is 36.5. The number of rotatable bonds is 3. The highest BCUT2D eigenvalue weighted by atomic mass is 16.2. The summed E-state index contributed by atoms with van der Waals surface area (Å²) in [6.07, 6.45) is 0. The highest BCUT2D eigenvalue weighted by molar-refractivity contribution is 6.35. The van der Waals surface area contributed by atoms with Crippen molar-refractivity contribution in [1.82, 2.24) is 5.32 Å². The Morgan fingerprint density at radius 3 is 1.95 bits per heavy atom. The molecule has 0 saturated carbocycles. The van der Waals surface area contributed by atoms with Crippen LogP contribution < -0.4 is 5.32 Å². The van der Waals surface area contributed by atoms with Gasteiger partial charge in [0.2, 0.25) is 5.91 Å². The van der Waals surface area contributed by atoms with Gasteiger partial charge in [0.1, 0.15) is 0 Å². The Kier molecular flexibility index (Phi) is 3.36. The molecule has 1 amide bonds. The van der Waals surface area contributed by atoms with Crippen molar-refractivity contribution in [1.29, 1.82) is 0 Å². The van der Waals surface area contributed by atoms with Crippen molar-refractivity contribution >= 4 is 17.5 Å². The smallest absolute Gasteiger partial charge is 0.239 e. The fourth-order valence-corrected chi connectivity index (χ4v) is 2.47. The minimum Gasteiger partial charge on any atom is -0.351 e. The van der Waals surface area contributed by atoms with E-state index in [2.05, 4.69) is 5.32 Å². The van der Waals surface area contributed by atoms with E-state index in [4.69, 9.17) is 0 Å². The molecular formula is C17H13NO3. The summed E-state index contributed by atoms with van der Waals surface area (Å²) in [5, 5.41) is 2.66. The van der Waals surface area contributed by atoms with E-state index in [1.807, 2.05) is 30.3 Å². The second-order valence-corrected chi connectivity index (χ2v) is 4.91. The van der Waals surface area contributed by atoms with Gasteiger partial charge in [-0.05, 0) is 5.56 Å². The van der Waals surface area contributed by atoms with Gasteiger partial charge >= 0.3 is 0 Å². The van der Waals surface area contributed by atoms with Crippen molar-refractivity contribution in [2.45, 2.75) is 6.54 Å². The molecule has 0 fully saturated rings. The number of hydrogen-bond donors (Lipinski definition) is 1. The molecule has 0 radical (unpaired) electrons. The molecule has 0 saturated heterocycles. The Morgan fingerprint density at radius 1 is 0.857 bits per heavy atom. The number of ketones is 2. The summed E-state index contributed by atoms with van der Waals surface area (Å²) in [6.45, 7) is 0.299. The molecular weight excluding hydrogens is 266 g/mol. The van der Waals surface area contributed by atoms with Crippen LogP contribution in [0.2, 0.25) is 0 Å². The van der Waals surface area contributed by atoms with Gasteiger partial charge in [-0.3, -0.25) is 14.4 Å². The molecule has 0 atom stereocenters. The maximum Gasteiger partial charge on any atom is 0.239 e. The standard InChI is InChI=1S/C17H13NO3/c19-15-12-8-4-5-9-13(12)16(20)14(15)17(21)18-10-11-6-2-1-3-7-11/h1-9,14H,10H2,(H,18,21). The van der Waals surface area contributed by atoms with Gasteiger partial charge < -0.3 is 5.32 Å². The first kappa shape index (κ1) is 13.2. The summed E-state index contributed by atoms with van der Waals surface area (Å²) >= 11 is 0. The minimum absolute atomic E-state index is 0.299. The lowest BCUT2D eigenvalue weighted by Crippen LogP contribution is -2.36. The van der Waals surface area contributed by atoms with E-state index in [1.165, 1.54) is 0 Å². The molecule has 0 unspecified atom stereocenters. The van der Waals surface area contributed by atoms with Crippen molar-refractivity contribution < 1.29 is 14.4 Å². The zero-order valence-electron chi connectivity index (χ0n) is 11.2. The summed E-state index contributed by atoms with van der Waals surface area (Å²) in [6, 6.07) is 15.9. The maximum atomic E-state index is 12.2. The molecule has 0 spiro atoms. The topological polar surface area (TPSA) is 63.2 Å². The van der Waals surface area contributed by atoms with Crippen LogP contribution in [0.25, 0.3) is 0 Å². The first-order valence-corrected chi connectivity index (χ1v) is 6.67. The SMILES string of the molecule is O=C(NCc1ccccc1)C1C(=O)c2ccccc2C1=O. The van der Waals surface area contributed by atoms with E-state index in [1.54, 1.807) is 24.3 Å². The van der Waals surface area contributed by atoms with E-state index >= 15 is 0 Å². The second kappa shape index (κ2) is 5.32. The van der Waals surface area contributed by atoms with Gasteiger partial charge in [0, 0.05) is 17.7 Å². The lowest BCUT2D eigenvalue weighted by molar-refractivity contribution is -0.122. The van der Waals surface area contributed by atoms with E-state index in [0.717, 1.165) is 5.56 Å². The molecule has 0 aromatic heterocycles. The molecule has 0 aliphatic heterocycles. The summed E-state index contributed by atoms with van der Waals surface area (Å²) in [7, 11) is 0. The van der Waals surface area contributed by atoms with Crippen LogP contribution in [0, 0.1) is 5.92 Å². The lowest BCUT2D eigenvalue weighted by Gasteiger charge is -2.08. The van der Waals surface area contributed by atoms with Crippen LogP contribution in [-0.2, 0) is 11.3 Å². The molecule has 104 valence electrons. The number of fused-ring (bicyclic) bond motifs is 1. The molecule has 1 N–H and O–H groups in total. The fourth-order valence-electron chi connectivity index (χ4n) is 2.47. The number of amides is 1. The normalized spacial score (nSPS) is 14.1. The maximum absolute atomic E-state index is 12.2. The van der Waals surface area contributed by atoms with Crippen molar-refractivity contribution in [3.05, 3.63) is 71.3 Å². The largest absolute Gasteiger partial charge is 0.351 e. The predicted molar refractivity (Wildman–Crippen MR) is 76.9 cm³/mol. The lowest BCUT2D eigenvalue weighted by atomic mass is 10.0. The predicted octanol–water partition coefficient (Wildman–Crippen LogP) is 2.00. The van der Waals surface area contributed by atoms with E-state index in [-0.39, 0.29) is 0 Å². The van der Waals surface area contributed by atoms with Crippen molar-refractivity contribution in [3.63, 3.8) is 0 Å². The number of Topliss-reactive ketones (excluding diaryl/α,β-unsaturated/α-hetero) is 2. The Hall–Kier alpha value is -2.75. The second-order valence-electron chi connectivity index (χ2n) is 4.91. The minimum atomic E-state index is -1.24. The van der Waals surface area contributed by atoms with Crippen molar-refractivity contribution in [3.8, 4) is 0 Å². The van der Waals surface area contributed by atoms with Gasteiger partial charge in [-0.1, -0.05) is 54.6 Å². The third kappa shape index (κ3) is 2.36. The Bertz CT molecular complexity index is 687. The molecule has 2 aromatic rings. The first-order valence-electron chi connectivity index (χ1n) is 6.67. The molecule has 1 aliphatic rings. The van der Waals surface area contributed by atoms with E-state index < -0.39 is 23.4 Å². The Morgan fingerprint density at radius 2 is 1.38 bits per heavy atom. The van der Waals surface area contributed by atoms with E-state index in [9.17, 15) is 14.4 Å². The van der Waals surface area contributed by atoms with Gasteiger partial charge in [-0.15, -0.1) is 0 Å². The van der Waals surface area contributed by atoms with Crippen molar-refractivity contribution in [2.24, 2.45) is 5.92 Å². The highest BCUT2D eigenvalue weighted by Crippen LogP contribution is 2.26. The summed E-state index contributed by atoms with van der Waals surface area (Å²) in [5.41, 5.74) is 1.59. The third-order valence-corrected chi connectivity index (χ3v) is 3.55. The molecule has 4 nitrogen and oxygen atoms in total. The highest BCUT2D eigenvalue weighted by Gasteiger charge is 2.42. The number of carbonyl (C=O) groups is 3. The number of carbonyl (C=O) groups excluding carboxylic acids is 3. The molecule has 0 heterocycles. The summed E-state index contributed by atoms with van der Waals surface area (Å²) < 4.78 is 0. The van der Waals surface area contributed by atoms with Crippen LogP contribution in [0.15, 0.2) is 54.6 Å². The van der Waals surface area contributed by atoms with Crippen molar-refractivity contribution in [2.75, 3.05) is 0 Å². The average molecular weight is 279 g/mol. The van der Waals surface area contributed by atoms with Gasteiger partial charge in [0.25, 0.3) is 0 Å². The molecule has 3 rings (SSSR count). The number of benzene rings is 2. The zero-order valence-corrected chi connectivity index (χ0v) is 11.2. The van der Waals surface area contributed by atoms with E-state index in [0.29, 0.717) is 17.7 Å². The van der Waals surface area contributed by atoms with Crippen LogP contribution in [-0.4, -0.2) is 17.5 Å². The van der Waals surface area contributed by atoms with Gasteiger partial charge in [-0.25, -0.2) is 0 Å². The molecule has 0 bridgehead atoms. The van der Waals surface area contributed by atoms with Gasteiger partial charge in [0.05, 0.1) is 0 Å². The average Bonchev–Trinajstić information content (AvgIpc) is 2.78. The van der Waals surface area contributed by atoms with Crippen LogP contribution in [0.4, 0.5) is 0 Å². The fraction of sp³-hybridized carbons (Fsp3) is 0.118. The Labute approximate surface area is 121 Å². The Balaban J connectivity index is 1.75. The molecule has 21 heavy (non-hydrogen) atoms. The summed E-state index contributed by atoms with van der Waals surface area (Å²) in [5.74, 6) is -2.61. The third-order valence-electron chi connectivity index (χ3n) is 3.55. The molecule has 4 heteroatoms. The van der Waals surface area contributed by atoms with Crippen LogP contribution in [0.3, 0.4) is 0 Å². The monoisotopic (exact) mass is 279 g/mol. The number of hydrogen-bond acceptors (Lipinski definition) is 3. The van der Waals surface area contributed by atoms with Crippen LogP contribution in [0.5, 0.6) is 0 Å². The quantitative estimate of drug-likeness (QED) is 0.874. The van der Waals surface area contributed by atoms with Crippen LogP contribution in [0.1, 0.15) is 26.3 Å². The molecule has 1 aliphatic carbocycles. The molecule has 2 aromatic carbocycles. The van der Waals surface area contributed by atoms with Crippen LogP contribution >= 0.6 is 0 Å². The van der Waals surface area contributed by atoms with Gasteiger partial charge in [-0.2, -0.15) is 0 Å². The number of nitrogens with one attached hydrogen (secondary N) is 1. The first-order chi connectivity index (χ1) is 10.2. The van der Waals surface area contributed by atoms with Gasteiger partial charge in [0.15, 0.2) is 17.5 Å². The zero-order chi connectivity index (χ0) is 14.8.